The summed E-state index contributed by atoms with van der Waals surface area (Å²) < 4.78 is 5.32. The lowest BCUT2D eigenvalue weighted by Crippen LogP contribution is -2.49. The zero-order valence-electron chi connectivity index (χ0n) is 14.2. The van der Waals surface area contributed by atoms with Crippen molar-refractivity contribution < 1.29 is 4.74 Å². The second-order valence-corrected chi connectivity index (χ2v) is 6.84. The van der Waals surface area contributed by atoms with E-state index < -0.39 is 0 Å². The molecular weight excluding hydrogens is 248 g/mol. The molecule has 1 rings (SSSR count). The van der Waals surface area contributed by atoms with Gasteiger partial charge in [-0.25, -0.2) is 0 Å². The molecule has 20 heavy (non-hydrogen) atoms. The molecule has 1 aliphatic carbocycles. The maximum atomic E-state index is 6.20. The van der Waals surface area contributed by atoms with Gasteiger partial charge in [0.1, 0.15) is 0 Å². The van der Waals surface area contributed by atoms with E-state index in [1.54, 1.807) is 7.11 Å². The molecular formula is C17H36N2O. The molecule has 0 amide bonds. The van der Waals surface area contributed by atoms with Gasteiger partial charge in [0.2, 0.25) is 0 Å². The number of nitrogens with zero attached hydrogens (tertiary/aromatic N) is 1. The molecule has 1 saturated carbocycles. The number of methoxy groups -OCH3 is 1. The molecule has 3 heteroatoms. The fourth-order valence-electron chi connectivity index (χ4n) is 4.00. The molecule has 0 radical (unpaired) electrons. The van der Waals surface area contributed by atoms with Crippen molar-refractivity contribution in [3.05, 3.63) is 0 Å². The molecule has 2 unspecified atom stereocenters. The second-order valence-electron chi connectivity index (χ2n) is 6.84. The van der Waals surface area contributed by atoms with Crippen LogP contribution in [0.5, 0.6) is 0 Å². The van der Waals surface area contributed by atoms with Crippen LogP contribution < -0.4 is 5.73 Å². The SMILES string of the molecule is CCC(CC)N(CCOC)CC1(CN)CCCC(C)C1. The molecule has 0 aliphatic heterocycles. The van der Waals surface area contributed by atoms with Crippen LogP contribution in [-0.4, -0.2) is 44.3 Å². The van der Waals surface area contributed by atoms with E-state index in [1.165, 1.54) is 38.5 Å². The molecule has 2 atom stereocenters. The van der Waals surface area contributed by atoms with Gasteiger partial charge in [-0.1, -0.05) is 33.6 Å². The summed E-state index contributed by atoms with van der Waals surface area (Å²) in [5.41, 5.74) is 6.54. The molecule has 120 valence electrons. The Labute approximate surface area is 126 Å². The summed E-state index contributed by atoms with van der Waals surface area (Å²) in [5, 5.41) is 0. The van der Waals surface area contributed by atoms with Gasteiger partial charge in [-0.15, -0.1) is 0 Å². The van der Waals surface area contributed by atoms with Crippen molar-refractivity contribution in [3.8, 4) is 0 Å². The second kappa shape index (κ2) is 9.01. The lowest BCUT2D eigenvalue weighted by molar-refractivity contribution is 0.0433. The Bertz CT molecular complexity index is 255. The van der Waals surface area contributed by atoms with Crippen molar-refractivity contribution in [3.63, 3.8) is 0 Å². The first-order valence-corrected chi connectivity index (χ1v) is 8.53. The van der Waals surface area contributed by atoms with Gasteiger partial charge in [0.15, 0.2) is 0 Å². The molecule has 3 nitrogen and oxygen atoms in total. The highest BCUT2D eigenvalue weighted by molar-refractivity contribution is 4.90. The fourth-order valence-corrected chi connectivity index (χ4v) is 4.00. The van der Waals surface area contributed by atoms with Gasteiger partial charge in [-0.3, -0.25) is 4.90 Å². The molecule has 0 aromatic rings. The van der Waals surface area contributed by atoms with Gasteiger partial charge >= 0.3 is 0 Å². The van der Waals surface area contributed by atoms with Gasteiger partial charge in [0.05, 0.1) is 6.61 Å². The Kier molecular flexibility index (Phi) is 8.08. The van der Waals surface area contributed by atoms with Gasteiger partial charge in [-0.05, 0) is 43.6 Å². The van der Waals surface area contributed by atoms with Crippen molar-refractivity contribution in [2.24, 2.45) is 17.1 Å². The Morgan fingerprint density at radius 2 is 2.05 bits per heavy atom. The lowest BCUT2D eigenvalue weighted by atomic mass is 9.69. The largest absolute Gasteiger partial charge is 0.383 e. The monoisotopic (exact) mass is 284 g/mol. The minimum absolute atomic E-state index is 0.341. The summed E-state index contributed by atoms with van der Waals surface area (Å²) in [4.78, 5) is 2.65. The van der Waals surface area contributed by atoms with Gasteiger partial charge in [0.25, 0.3) is 0 Å². The number of hydrogen-bond acceptors (Lipinski definition) is 3. The average molecular weight is 284 g/mol. The third-order valence-corrected chi connectivity index (χ3v) is 5.20. The van der Waals surface area contributed by atoms with Crippen LogP contribution in [0.25, 0.3) is 0 Å². The summed E-state index contributed by atoms with van der Waals surface area (Å²) >= 11 is 0. The standard InChI is InChI=1S/C17H36N2O/c1-5-16(6-2)19(10-11-20-4)14-17(13-18)9-7-8-15(3)12-17/h15-16H,5-14,18H2,1-4H3. The maximum absolute atomic E-state index is 6.20. The quantitative estimate of drug-likeness (QED) is 0.706. The number of hydrogen-bond donors (Lipinski definition) is 1. The van der Waals surface area contributed by atoms with Gasteiger partial charge in [0, 0.05) is 26.2 Å². The van der Waals surface area contributed by atoms with Crippen molar-refractivity contribution >= 4 is 0 Å². The van der Waals surface area contributed by atoms with Crippen molar-refractivity contribution in [1.82, 2.24) is 4.90 Å². The molecule has 2 N–H and O–H groups in total. The molecule has 0 saturated heterocycles. The van der Waals surface area contributed by atoms with Gasteiger partial charge in [-0.2, -0.15) is 0 Å². The lowest BCUT2D eigenvalue weighted by Gasteiger charge is -2.44. The number of rotatable bonds is 9. The van der Waals surface area contributed by atoms with E-state index >= 15 is 0 Å². The van der Waals surface area contributed by atoms with Crippen molar-refractivity contribution in [1.29, 1.82) is 0 Å². The van der Waals surface area contributed by atoms with Crippen LogP contribution in [0.4, 0.5) is 0 Å². The van der Waals surface area contributed by atoms with Crippen LogP contribution in [-0.2, 0) is 4.74 Å². The number of nitrogens with two attached hydrogens (primary N) is 1. The first kappa shape index (κ1) is 17.9. The Balaban J connectivity index is 2.73. The molecule has 0 heterocycles. The summed E-state index contributed by atoms with van der Waals surface area (Å²) in [6, 6.07) is 0.672. The van der Waals surface area contributed by atoms with Crippen LogP contribution in [0.15, 0.2) is 0 Å². The van der Waals surface area contributed by atoms with E-state index in [2.05, 4.69) is 25.7 Å². The molecule has 0 aromatic heterocycles. The summed E-state index contributed by atoms with van der Waals surface area (Å²) in [6.45, 7) is 10.8. The maximum Gasteiger partial charge on any atom is 0.0589 e. The smallest absolute Gasteiger partial charge is 0.0589 e. The summed E-state index contributed by atoms with van der Waals surface area (Å²) in [7, 11) is 1.80. The molecule has 1 fully saturated rings. The predicted molar refractivity (Wildman–Crippen MR) is 86.9 cm³/mol. The van der Waals surface area contributed by atoms with E-state index in [9.17, 15) is 0 Å². The normalized spacial score (nSPS) is 27.4. The predicted octanol–water partition coefficient (Wildman–Crippen LogP) is 3.28. The summed E-state index contributed by atoms with van der Waals surface area (Å²) in [6.07, 6.45) is 7.77. The van der Waals surface area contributed by atoms with E-state index in [0.717, 1.165) is 32.2 Å². The molecule has 1 aliphatic rings. The zero-order chi connectivity index (χ0) is 15.0. The molecule has 0 bridgehead atoms. The Hall–Kier alpha value is -0.120. The highest BCUT2D eigenvalue weighted by Gasteiger charge is 2.36. The summed E-state index contributed by atoms with van der Waals surface area (Å²) in [5.74, 6) is 0.832. The van der Waals surface area contributed by atoms with Crippen molar-refractivity contribution in [2.45, 2.75) is 65.3 Å². The molecule has 0 aromatic carbocycles. The minimum atomic E-state index is 0.341. The van der Waals surface area contributed by atoms with Crippen LogP contribution in [0.2, 0.25) is 0 Å². The van der Waals surface area contributed by atoms with E-state index in [-0.39, 0.29) is 0 Å². The third-order valence-electron chi connectivity index (χ3n) is 5.20. The minimum Gasteiger partial charge on any atom is -0.383 e. The zero-order valence-corrected chi connectivity index (χ0v) is 14.2. The first-order chi connectivity index (χ1) is 9.60. The molecule has 0 spiro atoms. The Morgan fingerprint density at radius 1 is 1.35 bits per heavy atom. The third kappa shape index (κ3) is 5.01. The average Bonchev–Trinajstić information content (AvgIpc) is 2.45. The first-order valence-electron chi connectivity index (χ1n) is 8.53. The van der Waals surface area contributed by atoms with Crippen LogP contribution in [0.3, 0.4) is 0 Å². The van der Waals surface area contributed by atoms with Crippen molar-refractivity contribution in [2.75, 3.05) is 33.4 Å². The highest BCUT2D eigenvalue weighted by atomic mass is 16.5. The van der Waals surface area contributed by atoms with Gasteiger partial charge < -0.3 is 10.5 Å². The van der Waals surface area contributed by atoms with Crippen LogP contribution in [0.1, 0.15) is 59.3 Å². The highest BCUT2D eigenvalue weighted by Crippen LogP contribution is 2.39. The van der Waals surface area contributed by atoms with Crippen LogP contribution in [0, 0.1) is 11.3 Å². The Morgan fingerprint density at radius 3 is 2.55 bits per heavy atom. The van der Waals surface area contributed by atoms with E-state index in [0.29, 0.717) is 11.5 Å². The van der Waals surface area contributed by atoms with Crippen LogP contribution >= 0.6 is 0 Å². The fraction of sp³-hybridized carbons (Fsp3) is 1.00. The van der Waals surface area contributed by atoms with E-state index in [4.69, 9.17) is 10.5 Å². The van der Waals surface area contributed by atoms with E-state index in [1.807, 2.05) is 0 Å². The topological polar surface area (TPSA) is 38.5 Å². The number of ether oxygens (including phenoxy) is 1.